The minimum absolute atomic E-state index is 0.175. The molecule has 2 aromatic rings. The maximum Gasteiger partial charge on any atom is 0.241 e. The van der Waals surface area contributed by atoms with E-state index in [2.05, 4.69) is 14.9 Å². The highest BCUT2D eigenvalue weighted by Gasteiger charge is 2.18. The molecule has 104 valence electrons. The van der Waals surface area contributed by atoms with Crippen molar-refractivity contribution < 1.29 is 8.42 Å². The standard InChI is InChI=1S/C13H14N4O2S/c1-10(12-8-15-16-9-12)17-20(18,19)13-4-2-11(3-5-13)6-7-14/h2-5,8-10,17H,6H2,1H3,(H,15,16). The summed E-state index contributed by atoms with van der Waals surface area (Å²) in [5, 5.41) is 15.0. The van der Waals surface area contributed by atoms with E-state index < -0.39 is 10.0 Å². The minimum atomic E-state index is -3.59. The van der Waals surface area contributed by atoms with Crippen molar-refractivity contribution >= 4 is 10.0 Å². The Morgan fingerprint density at radius 2 is 2.10 bits per heavy atom. The van der Waals surface area contributed by atoms with Gasteiger partial charge in [0.2, 0.25) is 10.0 Å². The van der Waals surface area contributed by atoms with Crippen molar-refractivity contribution in [3.8, 4) is 6.07 Å². The zero-order valence-corrected chi connectivity index (χ0v) is 11.7. The number of H-pyrrole nitrogens is 1. The Hall–Kier alpha value is -2.17. The van der Waals surface area contributed by atoms with Crippen LogP contribution in [0.5, 0.6) is 0 Å². The summed E-state index contributed by atoms with van der Waals surface area (Å²) in [6.07, 6.45) is 3.48. The van der Waals surface area contributed by atoms with E-state index in [0.29, 0.717) is 0 Å². The largest absolute Gasteiger partial charge is 0.285 e. The van der Waals surface area contributed by atoms with Crippen molar-refractivity contribution in [2.24, 2.45) is 0 Å². The molecule has 2 rings (SSSR count). The summed E-state index contributed by atoms with van der Waals surface area (Å²) in [7, 11) is -3.59. The molecule has 6 nitrogen and oxygen atoms in total. The maximum absolute atomic E-state index is 12.2. The predicted molar refractivity (Wildman–Crippen MR) is 73.1 cm³/mol. The number of nitrogens with zero attached hydrogens (tertiary/aromatic N) is 2. The van der Waals surface area contributed by atoms with Crippen LogP contribution in [-0.2, 0) is 16.4 Å². The topological polar surface area (TPSA) is 98.6 Å². The first-order valence-electron chi connectivity index (χ1n) is 6.00. The molecule has 2 N–H and O–H groups in total. The van der Waals surface area contributed by atoms with Crippen molar-refractivity contribution in [1.29, 1.82) is 5.26 Å². The van der Waals surface area contributed by atoms with Gasteiger partial charge in [-0.05, 0) is 24.6 Å². The Bertz CT molecular complexity index is 700. The van der Waals surface area contributed by atoms with Gasteiger partial charge in [0.15, 0.2) is 0 Å². The van der Waals surface area contributed by atoms with E-state index in [4.69, 9.17) is 5.26 Å². The van der Waals surface area contributed by atoms with Gasteiger partial charge in [-0.15, -0.1) is 0 Å². The number of sulfonamides is 1. The van der Waals surface area contributed by atoms with E-state index in [1.807, 2.05) is 6.07 Å². The average Bonchev–Trinajstić information content (AvgIpc) is 2.93. The molecular weight excluding hydrogens is 276 g/mol. The van der Waals surface area contributed by atoms with E-state index >= 15 is 0 Å². The normalized spacial score (nSPS) is 12.8. The molecule has 20 heavy (non-hydrogen) atoms. The molecule has 0 aliphatic rings. The van der Waals surface area contributed by atoms with Gasteiger partial charge in [-0.25, -0.2) is 13.1 Å². The SMILES string of the molecule is CC(NS(=O)(=O)c1ccc(CC#N)cc1)c1cn[nH]c1. The van der Waals surface area contributed by atoms with Gasteiger partial charge in [0.1, 0.15) is 0 Å². The van der Waals surface area contributed by atoms with Crippen LogP contribution < -0.4 is 4.72 Å². The Kier molecular flexibility index (Phi) is 4.17. The molecule has 1 atom stereocenters. The fraction of sp³-hybridized carbons (Fsp3) is 0.231. The summed E-state index contributed by atoms with van der Waals surface area (Å²) >= 11 is 0. The van der Waals surface area contributed by atoms with Crippen LogP contribution in [-0.4, -0.2) is 18.6 Å². The number of aromatic nitrogens is 2. The van der Waals surface area contributed by atoms with Gasteiger partial charge in [0, 0.05) is 17.8 Å². The Morgan fingerprint density at radius 3 is 2.65 bits per heavy atom. The van der Waals surface area contributed by atoms with Gasteiger partial charge in [-0.2, -0.15) is 10.4 Å². The lowest BCUT2D eigenvalue weighted by atomic mass is 10.2. The van der Waals surface area contributed by atoms with Crippen LogP contribution in [0.2, 0.25) is 0 Å². The van der Waals surface area contributed by atoms with E-state index in [-0.39, 0.29) is 17.4 Å². The van der Waals surface area contributed by atoms with Gasteiger partial charge in [-0.3, -0.25) is 5.10 Å². The Morgan fingerprint density at radius 1 is 1.40 bits per heavy atom. The van der Waals surface area contributed by atoms with Gasteiger partial charge >= 0.3 is 0 Å². The molecule has 7 heteroatoms. The maximum atomic E-state index is 12.2. The second-order valence-corrected chi connectivity index (χ2v) is 6.07. The molecule has 0 bridgehead atoms. The van der Waals surface area contributed by atoms with Crippen LogP contribution in [0.4, 0.5) is 0 Å². The second-order valence-electron chi connectivity index (χ2n) is 4.35. The molecule has 0 radical (unpaired) electrons. The number of rotatable bonds is 5. The van der Waals surface area contributed by atoms with Gasteiger partial charge < -0.3 is 0 Å². The molecule has 0 aliphatic carbocycles. The zero-order valence-electron chi connectivity index (χ0n) is 10.9. The molecule has 0 saturated carbocycles. The van der Waals surface area contributed by atoms with E-state index in [1.165, 1.54) is 12.1 Å². The lowest BCUT2D eigenvalue weighted by Gasteiger charge is -2.12. The van der Waals surface area contributed by atoms with Crippen LogP contribution in [0, 0.1) is 11.3 Å². The third-order valence-corrected chi connectivity index (χ3v) is 4.42. The molecule has 1 aromatic carbocycles. The Labute approximate surface area is 117 Å². The third-order valence-electron chi connectivity index (χ3n) is 2.87. The highest BCUT2D eigenvalue weighted by molar-refractivity contribution is 7.89. The number of aromatic amines is 1. The number of hydrogen-bond donors (Lipinski definition) is 2. The summed E-state index contributed by atoms with van der Waals surface area (Å²) in [6.45, 7) is 1.74. The third kappa shape index (κ3) is 3.23. The summed E-state index contributed by atoms with van der Waals surface area (Å²) in [4.78, 5) is 0.175. The van der Waals surface area contributed by atoms with Crippen LogP contribution in [0.25, 0.3) is 0 Å². The number of nitrogens with one attached hydrogen (secondary N) is 2. The average molecular weight is 290 g/mol. The highest BCUT2D eigenvalue weighted by Crippen LogP contribution is 2.16. The number of benzene rings is 1. The monoisotopic (exact) mass is 290 g/mol. The quantitative estimate of drug-likeness (QED) is 0.872. The van der Waals surface area contributed by atoms with Crippen molar-refractivity contribution in [2.75, 3.05) is 0 Å². The fourth-order valence-electron chi connectivity index (χ4n) is 1.74. The van der Waals surface area contributed by atoms with E-state index in [0.717, 1.165) is 11.1 Å². The molecule has 0 aliphatic heterocycles. The zero-order chi connectivity index (χ0) is 14.6. The van der Waals surface area contributed by atoms with Crippen molar-refractivity contribution in [3.05, 3.63) is 47.8 Å². The summed E-state index contributed by atoms with van der Waals surface area (Å²) in [5.74, 6) is 0. The Balaban J connectivity index is 2.16. The first kappa shape index (κ1) is 14.2. The lowest BCUT2D eigenvalue weighted by molar-refractivity contribution is 0.567. The van der Waals surface area contributed by atoms with E-state index in [9.17, 15) is 8.42 Å². The summed E-state index contributed by atoms with van der Waals surface area (Å²) in [6, 6.07) is 7.91. The molecule has 1 unspecified atom stereocenters. The smallest absolute Gasteiger partial charge is 0.241 e. The number of hydrogen-bond acceptors (Lipinski definition) is 4. The molecular formula is C13H14N4O2S. The van der Waals surface area contributed by atoms with Gasteiger partial charge in [-0.1, -0.05) is 12.1 Å². The van der Waals surface area contributed by atoms with Crippen molar-refractivity contribution in [1.82, 2.24) is 14.9 Å². The van der Waals surface area contributed by atoms with Gasteiger partial charge in [0.25, 0.3) is 0 Å². The summed E-state index contributed by atoms with van der Waals surface area (Å²) < 4.78 is 27.0. The van der Waals surface area contributed by atoms with Crippen LogP contribution in [0.3, 0.4) is 0 Å². The first-order chi connectivity index (χ1) is 9.53. The lowest BCUT2D eigenvalue weighted by Crippen LogP contribution is -2.26. The van der Waals surface area contributed by atoms with Gasteiger partial charge in [0.05, 0.1) is 23.6 Å². The second kappa shape index (κ2) is 5.86. The summed E-state index contributed by atoms with van der Waals surface area (Å²) in [5.41, 5.74) is 1.55. The first-order valence-corrected chi connectivity index (χ1v) is 7.48. The molecule has 1 heterocycles. The number of nitriles is 1. The van der Waals surface area contributed by atoms with Crippen LogP contribution in [0.1, 0.15) is 24.1 Å². The fourth-order valence-corrected chi connectivity index (χ4v) is 2.98. The molecule has 0 amide bonds. The molecule has 1 aromatic heterocycles. The highest BCUT2D eigenvalue weighted by atomic mass is 32.2. The minimum Gasteiger partial charge on any atom is -0.285 e. The molecule has 0 fully saturated rings. The molecule has 0 spiro atoms. The van der Waals surface area contributed by atoms with Crippen LogP contribution in [0.15, 0.2) is 41.6 Å². The van der Waals surface area contributed by atoms with Crippen LogP contribution >= 0.6 is 0 Å². The van der Waals surface area contributed by atoms with Crippen molar-refractivity contribution in [3.63, 3.8) is 0 Å². The van der Waals surface area contributed by atoms with E-state index in [1.54, 1.807) is 31.5 Å². The van der Waals surface area contributed by atoms with Crippen molar-refractivity contribution in [2.45, 2.75) is 24.3 Å². The predicted octanol–water partition coefficient (Wildman–Crippen LogP) is 1.52. The molecule has 0 saturated heterocycles.